The van der Waals surface area contributed by atoms with E-state index in [4.69, 9.17) is 9.26 Å². The van der Waals surface area contributed by atoms with E-state index in [1.165, 1.54) is 10.4 Å². The summed E-state index contributed by atoms with van der Waals surface area (Å²) in [6.45, 7) is 7.12. The first-order valence-electron chi connectivity index (χ1n) is 11.3. The minimum absolute atomic E-state index is 0.174. The summed E-state index contributed by atoms with van der Waals surface area (Å²) in [5.74, 6) is 0.343. The Morgan fingerprint density at radius 1 is 1.09 bits per heavy atom. The summed E-state index contributed by atoms with van der Waals surface area (Å²) >= 11 is 0. The molecule has 1 aromatic heterocycles. The van der Waals surface area contributed by atoms with E-state index in [0.717, 1.165) is 5.56 Å². The lowest BCUT2D eigenvalue weighted by Crippen LogP contribution is -2.41. The van der Waals surface area contributed by atoms with Crippen molar-refractivity contribution in [3.63, 3.8) is 0 Å². The molecule has 1 aliphatic rings. The van der Waals surface area contributed by atoms with Crippen molar-refractivity contribution in [3.8, 4) is 0 Å². The number of anilines is 1. The Kier molecular flexibility index (Phi) is 7.16. The van der Waals surface area contributed by atoms with Crippen molar-refractivity contribution in [1.29, 1.82) is 0 Å². The molecule has 1 aliphatic heterocycles. The van der Waals surface area contributed by atoms with Crippen molar-refractivity contribution in [2.75, 3.05) is 31.2 Å². The third kappa shape index (κ3) is 4.77. The second kappa shape index (κ2) is 10.1. The first-order valence-corrected chi connectivity index (χ1v) is 12.8. The molecule has 1 fully saturated rings. The molecule has 180 valence electrons. The van der Waals surface area contributed by atoms with Gasteiger partial charge in [0.05, 0.1) is 30.3 Å². The van der Waals surface area contributed by atoms with Crippen LogP contribution in [0.5, 0.6) is 0 Å². The number of aryl methyl sites for hydroxylation is 3. The van der Waals surface area contributed by atoms with E-state index in [2.05, 4.69) is 5.16 Å². The molecular formula is C25H29N3O5S. The van der Waals surface area contributed by atoms with Crippen LogP contribution in [0.15, 0.2) is 57.9 Å². The Hall–Kier alpha value is -3.01. The van der Waals surface area contributed by atoms with E-state index < -0.39 is 10.0 Å². The van der Waals surface area contributed by atoms with E-state index in [1.54, 1.807) is 17.0 Å². The van der Waals surface area contributed by atoms with Gasteiger partial charge in [-0.3, -0.25) is 4.79 Å². The number of morpholine rings is 1. The Balaban J connectivity index is 1.75. The third-order valence-corrected chi connectivity index (χ3v) is 8.07. The van der Waals surface area contributed by atoms with Crippen molar-refractivity contribution in [1.82, 2.24) is 9.46 Å². The zero-order chi connectivity index (χ0) is 24.3. The lowest BCUT2D eigenvalue weighted by molar-refractivity contribution is 0.0730. The maximum atomic E-state index is 13.8. The number of carbonyl (C=O) groups is 1. The smallest absolute Gasteiger partial charge is 0.258 e. The van der Waals surface area contributed by atoms with Gasteiger partial charge < -0.3 is 14.2 Å². The lowest BCUT2D eigenvalue weighted by atomic mass is 10.1. The van der Waals surface area contributed by atoms with Crippen LogP contribution in [0.25, 0.3) is 0 Å². The number of rotatable bonds is 7. The molecule has 3 aromatic rings. The molecule has 2 heterocycles. The van der Waals surface area contributed by atoms with Crippen molar-refractivity contribution >= 4 is 21.6 Å². The van der Waals surface area contributed by atoms with Gasteiger partial charge in [0, 0.05) is 29.9 Å². The second-order valence-corrected chi connectivity index (χ2v) is 10.1. The van der Waals surface area contributed by atoms with Crippen molar-refractivity contribution in [2.45, 2.75) is 38.6 Å². The lowest BCUT2D eigenvalue weighted by Gasteiger charge is -2.27. The zero-order valence-corrected chi connectivity index (χ0v) is 20.5. The van der Waals surface area contributed by atoms with Crippen LogP contribution in [0.1, 0.15) is 39.9 Å². The van der Waals surface area contributed by atoms with E-state index in [9.17, 15) is 13.2 Å². The molecule has 8 nitrogen and oxygen atoms in total. The van der Waals surface area contributed by atoms with Crippen LogP contribution in [-0.2, 0) is 27.7 Å². The summed E-state index contributed by atoms with van der Waals surface area (Å²) in [4.78, 5) is 15.6. The number of amides is 1. The predicted molar refractivity (Wildman–Crippen MR) is 128 cm³/mol. The molecule has 4 rings (SSSR count). The van der Waals surface area contributed by atoms with Crippen LogP contribution in [0, 0.1) is 13.8 Å². The molecule has 0 bridgehead atoms. The monoisotopic (exact) mass is 483 g/mol. The second-order valence-electron chi connectivity index (χ2n) is 8.22. The van der Waals surface area contributed by atoms with Crippen LogP contribution in [0.3, 0.4) is 0 Å². The normalized spacial score (nSPS) is 14.8. The summed E-state index contributed by atoms with van der Waals surface area (Å²) in [5.41, 5.74) is 3.22. The first kappa shape index (κ1) is 24.1. The number of hydrogen-bond acceptors (Lipinski definition) is 6. The zero-order valence-electron chi connectivity index (χ0n) is 19.7. The first-order chi connectivity index (χ1) is 16.3. The quantitative estimate of drug-likeness (QED) is 0.509. The van der Waals surface area contributed by atoms with Crippen LogP contribution in [0.4, 0.5) is 5.69 Å². The van der Waals surface area contributed by atoms with Gasteiger partial charge in [0.25, 0.3) is 5.91 Å². The molecule has 0 atom stereocenters. The molecule has 2 aromatic carbocycles. The maximum Gasteiger partial charge on any atom is 0.258 e. The van der Waals surface area contributed by atoms with Gasteiger partial charge >= 0.3 is 0 Å². The van der Waals surface area contributed by atoms with Gasteiger partial charge in [-0.2, -0.15) is 4.31 Å². The minimum Gasteiger partial charge on any atom is -0.379 e. The highest BCUT2D eigenvalue weighted by Crippen LogP contribution is 2.27. The number of benzene rings is 2. The highest BCUT2D eigenvalue weighted by Gasteiger charge is 2.30. The van der Waals surface area contributed by atoms with Crippen LogP contribution >= 0.6 is 0 Å². The summed E-state index contributed by atoms with van der Waals surface area (Å²) in [7, 11) is -3.76. The summed E-state index contributed by atoms with van der Waals surface area (Å²) in [6, 6.07) is 14.2. The summed E-state index contributed by atoms with van der Waals surface area (Å²) in [5, 5.41) is 4.01. The van der Waals surface area contributed by atoms with Gasteiger partial charge in [-0.25, -0.2) is 8.42 Å². The van der Waals surface area contributed by atoms with Crippen LogP contribution < -0.4 is 4.90 Å². The molecule has 0 unspecified atom stereocenters. The number of sulfonamides is 1. The summed E-state index contributed by atoms with van der Waals surface area (Å²) < 4.78 is 38.9. The average Bonchev–Trinajstić information content (AvgIpc) is 3.19. The van der Waals surface area contributed by atoms with Crippen molar-refractivity contribution < 1.29 is 22.5 Å². The van der Waals surface area contributed by atoms with Gasteiger partial charge in [0.15, 0.2) is 0 Å². The fourth-order valence-electron chi connectivity index (χ4n) is 4.08. The van der Waals surface area contributed by atoms with E-state index in [-0.39, 0.29) is 17.3 Å². The fourth-order valence-corrected chi connectivity index (χ4v) is 5.80. The number of nitrogens with zero attached hydrogens (tertiary/aromatic N) is 3. The number of hydrogen-bond donors (Lipinski definition) is 0. The topological polar surface area (TPSA) is 93.0 Å². The Morgan fingerprint density at radius 2 is 1.79 bits per heavy atom. The highest BCUT2D eigenvalue weighted by molar-refractivity contribution is 7.89. The molecule has 0 spiro atoms. The van der Waals surface area contributed by atoms with Crippen LogP contribution in [-0.4, -0.2) is 50.1 Å². The standard InChI is InChI=1S/C25H29N3O5S/c1-4-20-10-11-21(16-24(20)34(30,31)27-12-14-32-15-13-27)25(29)28(22-8-6-5-7-9-22)17-23-18(2)26-33-19(23)3/h5-11,16H,4,12-15,17H2,1-3H3. The molecule has 1 saturated heterocycles. The van der Waals surface area contributed by atoms with E-state index >= 15 is 0 Å². The Morgan fingerprint density at radius 3 is 2.41 bits per heavy atom. The van der Waals surface area contributed by atoms with Gasteiger partial charge in [0.1, 0.15) is 5.76 Å². The van der Waals surface area contributed by atoms with Crippen LogP contribution in [0.2, 0.25) is 0 Å². The minimum atomic E-state index is -3.76. The number of carbonyl (C=O) groups excluding carboxylic acids is 1. The molecule has 34 heavy (non-hydrogen) atoms. The van der Waals surface area contributed by atoms with Gasteiger partial charge in [-0.1, -0.05) is 36.3 Å². The van der Waals surface area contributed by atoms with E-state index in [1.807, 2.05) is 51.1 Å². The molecule has 1 amide bonds. The SMILES string of the molecule is CCc1ccc(C(=O)N(Cc2c(C)noc2C)c2ccccc2)cc1S(=O)(=O)N1CCOCC1. The highest BCUT2D eigenvalue weighted by atomic mass is 32.2. The average molecular weight is 484 g/mol. The van der Waals surface area contributed by atoms with Crippen molar-refractivity contribution in [3.05, 3.63) is 76.7 Å². The Labute approximate surface area is 200 Å². The molecular weight excluding hydrogens is 454 g/mol. The molecule has 0 radical (unpaired) electrons. The van der Waals surface area contributed by atoms with E-state index in [0.29, 0.717) is 61.0 Å². The number of ether oxygens (including phenoxy) is 1. The van der Waals surface area contributed by atoms with Crippen molar-refractivity contribution in [2.24, 2.45) is 0 Å². The number of aromatic nitrogens is 1. The predicted octanol–water partition coefficient (Wildman–Crippen LogP) is 3.72. The largest absolute Gasteiger partial charge is 0.379 e. The molecule has 0 N–H and O–H groups in total. The Bertz CT molecular complexity index is 1250. The van der Waals surface area contributed by atoms with Gasteiger partial charge in [-0.05, 0) is 50.1 Å². The molecule has 0 saturated carbocycles. The number of para-hydroxylation sites is 1. The van der Waals surface area contributed by atoms with Gasteiger partial charge in [-0.15, -0.1) is 0 Å². The summed E-state index contributed by atoms with van der Waals surface area (Å²) in [6.07, 6.45) is 0.537. The fraction of sp³-hybridized carbons (Fsp3) is 0.360. The van der Waals surface area contributed by atoms with Gasteiger partial charge in [0.2, 0.25) is 10.0 Å². The third-order valence-electron chi connectivity index (χ3n) is 6.09. The molecule has 0 aliphatic carbocycles. The maximum absolute atomic E-state index is 13.8. The molecule has 9 heteroatoms.